The summed E-state index contributed by atoms with van der Waals surface area (Å²) in [5.41, 5.74) is 0. The Labute approximate surface area is 291 Å². The molecule has 0 saturated heterocycles. The number of esters is 2. The number of hydrogen-bond donors (Lipinski definition) is 2. The first-order valence-corrected chi connectivity index (χ1v) is 19.8. The van der Waals surface area contributed by atoms with E-state index < -0.39 is 32.5 Å². The molecule has 8 nitrogen and oxygen atoms in total. The molecule has 0 rings (SSSR count). The fourth-order valence-electron chi connectivity index (χ4n) is 4.52. The maximum atomic E-state index is 12.3. The zero-order valence-corrected chi connectivity index (χ0v) is 30.7. The fourth-order valence-corrected chi connectivity index (χ4v) is 4.88. The van der Waals surface area contributed by atoms with Crippen LogP contribution in [0.4, 0.5) is 0 Å². The first-order valence-electron chi connectivity index (χ1n) is 18.2. The lowest BCUT2D eigenvalue weighted by molar-refractivity contribution is -0.161. The highest BCUT2D eigenvalue weighted by molar-refractivity contribution is 7.46. The zero-order valence-electron chi connectivity index (χ0n) is 29.9. The third kappa shape index (κ3) is 36.3. The molecule has 2 N–H and O–H groups in total. The molecule has 9 heteroatoms. The third-order valence-electron chi connectivity index (χ3n) is 7.21. The van der Waals surface area contributed by atoms with Crippen molar-refractivity contribution >= 4 is 19.8 Å². The Kier molecular flexibility index (Phi) is 32.6. The van der Waals surface area contributed by atoms with Crippen LogP contribution in [0.3, 0.4) is 0 Å². The van der Waals surface area contributed by atoms with Gasteiger partial charge in [-0.3, -0.25) is 14.1 Å². The van der Waals surface area contributed by atoms with Crippen molar-refractivity contribution in [2.24, 2.45) is 0 Å². The SMILES string of the molecule is CC/C=C/C/C=C/C/C=C/C/C=C/C/C=C/CCCC(=O)O[C@H](COC(=O)CCCCC/C=C/CCCCCCCC)COP(=O)(O)O. The molecule has 48 heavy (non-hydrogen) atoms. The lowest BCUT2D eigenvalue weighted by Gasteiger charge is -2.18. The van der Waals surface area contributed by atoms with Gasteiger partial charge in [0.25, 0.3) is 0 Å². The maximum Gasteiger partial charge on any atom is 0.469 e. The number of hydrogen-bond acceptors (Lipinski definition) is 6. The van der Waals surface area contributed by atoms with Crippen molar-refractivity contribution in [3.05, 3.63) is 72.9 Å². The van der Waals surface area contributed by atoms with Crippen molar-refractivity contribution in [3.8, 4) is 0 Å². The van der Waals surface area contributed by atoms with E-state index in [-0.39, 0.29) is 19.4 Å². The summed E-state index contributed by atoms with van der Waals surface area (Å²) in [6, 6.07) is 0. The van der Waals surface area contributed by atoms with Gasteiger partial charge in [-0.25, -0.2) is 4.57 Å². The van der Waals surface area contributed by atoms with Gasteiger partial charge >= 0.3 is 19.8 Å². The van der Waals surface area contributed by atoms with Crippen LogP contribution < -0.4 is 0 Å². The number of ether oxygens (including phenoxy) is 2. The van der Waals surface area contributed by atoms with Gasteiger partial charge in [0.1, 0.15) is 6.61 Å². The normalized spacial score (nSPS) is 13.3. The van der Waals surface area contributed by atoms with E-state index in [1.165, 1.54) is 38.5 Å². The van der Waals surface area contributed by atoms with Gasteiger partial charge < -0.3 is 19.3 Å². The summed E-state index contributed by atoms with van der Waals surface area (Å²) in [5.74, 6) is -0.980. The van der Waals surface area contributed by atoms with E-state index in [1.807, 2.05) is 12.2 Å². The van der Waals surface area contributed by atoms with Crippen LogP contribution in [0.2, 0.25) is 0 Å². The molecule has 0 aromatic rings. The Morgan fingerprint density at radius 2 is 1.02 bits per heavy atom. The van der Waals surface area contributed by atoms with Gasteiger partial charge in [-0.1, -0.05) is 125 Å². The molecule has 0 aromatic heterocycles. The lowest BCUT2D eigenvalue weighted by Crippen LogP contribution is -2.29. The molecule has 0 bridgehead atoms. The standard InChI is InChI=1S/C39H65O8P/c1-3-5-7-9-11-13-15-17-18-19-20-22-24-26-28-30-32-34-39(41)47-37(36-46-48(42,43)44)35-45-38(40)33-31-29-27-25-23-21-16-14-12-10-8-6-4-2/h5,7,11,13,17-18,20-23,26,28,37H,3-4,6,8-10,12,14-16,19,24-25,27,29-36H2,1-2H3,(H2,42,43,44)/b7-5+,13-11+,18-17+,22-20+,23-21+,28-26+/t37-/m1/s1. The van der Waals surface area contributed by atoms with Crippen LogP contribution in [-0.2, 0) is 28.2 Å². The second-order valence-corrected chi connectivity index (χ2v) is 13.0. The van der Waals surface area contributed by atoms with E-state index in [2.05, 4.69) is 79.1 Å². The molecule has 0 radical (unpaired) electrons. The highest BCUT2D eigenvalue weighted by atomic mass is 31.2. The van der Waals surface area contributed by atoms with Gasteiger partial charge in [-0.05, 0) is 77.0 Å². The summed E-state index contributed by atoms with van der Waals surface area (Å²) < 4.78 is 26.2. The molecule has 0 spiro atoms. The predicted molar refractivity (Wildman–Crippen MR) is 197 cm³/mol. The quantitative estimate of drug-likeness (QED) is 0.0309. The minimum absolute atomic E-state index is 0.127. The van der Waals surface area contributed by atoms with Crippen LogP contribution in [0.15, 0.2) is 72.9 Å². The molecule has 0 amide bonds. The van der Waals surface area contributed by atoms with Crippen molar-refractivity contribution in [3.63, 3.8) is 0 Å². The Morgan fingerprint density at radius 3 is 1.58 bits per heavy atom. The molecule has 0 unspecified atom stereocenters. The smallest absolute Gasteiger partial charge is 0.462 e. The molecule has 0 heterocycles. The molecule has 0 aromatic carbocycles. The molecular weight excluding hydrogens is 627 g/mol. The number of allylic oxidation sites excluding steroid dienone is 12. The van der Waals surface area contributed by atoms with Crippen LogP contribution in [0, 0.1) is 0 Å². The van der Waals surface area contributed by atoms with Crippen molar-refractivity contribution in [2.75, 3.05) is 13.2 Å². The number of rotatable bonds is 32. The summed E-state index contributed by atoms with van der Waals surface area (Å²) in [4.78, 5) is 42.6. The van der Waals surface area contributed by atoms with Crippen molar-refractivity contribution in [1.29, 1.82) is 0 Å². The van der Waals surface area contributed by atoms with Crippen molar-refractivity contribution in [1.82, 2.24) is 0 Å². The van der Waals surface area contributed by atoms with E-state index in [4.69, 9.17) is 19.3 Å². The highest BCUT2D eigenvalue weighted by Crippen LogP contribution is 2.35. The van der Waals surface area contributed by atoms with Crippen LogP contribution >= 0.6 is 7.82 Å². The van der Waals surface area contributed by atoms with E-state index in [0.717, 1.165) is 57.8 Å². The monoisotopic (exact) mass is 692 g/mol. The predicted octanol–water partition coefficient (Wildman–Crippen LogP) is 10.7. The minimum Gasteiger partial charge on any atom is -0.462 e. The Morgan fingerprint density at radius 1 is 0.562 bits per heavy atom. The molecule has 274 valence electrons. The highest BCUT2D eigenvalue weighted by Gasteiger charge is 2.22. The molecule has 1 atom stereocenters. The van der Waals surface area contributed by atoms with Crippen LogP contribution in [0.5, 0.6) is 0 Å². The second kappa shape index (κ2) is 34.4. The third-order valence-corrected chi connectivity index (χ3v) is 7.69. The minimum atomic E-state index is -4.77. The first kappa shape index (κ1) is 45.5. The Balaban J connectivity index is 4.14. The maximum absolute atomic E-state index is 12.3. The zero-order chi connectivity index (χ0) is 35.4. The molecule has 0 aliphatic carbocycles. The fraction of sp³-hybridized carbons (Fsp3) is 0.641. The largest absolute Gasteiger partial charge is 0.469 e. The molecule has 0 fully saturated rings. The van der Waals surface area contributed by atoms with Crippen molar-refractivity contribution < 1.29 is 37.9 Å². The van der Waals surface area contributed by atoms with E-state index in [9.17, 15) is 14.2 Å². The second-order valence-electron chi connectivity index (χ2n) is 11.8. The van der Waals surface area contributed by atoms with E-state index >= 15 is 0 Å². The number of phosphoric acid groups is 1. The summed E-state index contributed by atoms with van der Waals surface area (Å²) in [6.07, 6.45) is 43.4. The number of phosphoric ester groups is 1. The number of carbonyl (C=O) groups excluding carboxylic acids is 2. The molecular formula is C39H65O8P. The van der Waals surface area contributed by atoms with Gasteiger partial charge in [0.2, 0.25) is 0 Å². The molecule has 0 aliphatic heterocycles. The van der Waals surface area contributed by atoms with Crippen LogP contribution in [0.1, 0.15) is 142 Å². The topological polar surface area (TPSA) is 119 Å². The van der Waals surface area contributed by atoms with Gasteiger partial charge in [-0.2, -0.15) is 0 Å². The first-order chi connectivity index (χ1) is 23.3. The summed E-state index contributed by atoms with van der Waals surface area (Å²) >= 11 is 0. The summed E-state index contributed by atoms with van der Waals surface area (Å²) in [7, 11) is -4.77. The van der Waals surface area contributed by atoms with E-state index in [1.54, 1.807) is 0 Å². The van der Waals surface area contributed by atoms with Crippen molar-refractivity contribution in [2.45, 2.75) is 148 Å². The van der Waals surface area contributed by atoms with Gasteiger partial charge in [0, 0.05) is 12.8 Å². The number of carbonyl (C=O) groups is 2. The van der Waals surface area contributed by atoms with E-state index in [0.29, 0.717) is 19.3 Å². The van der Waals surface area contributed by atoms with Crippen LogP contribution in [-0.4, -0.2) is 41.0 Å². The van der Waals surface area contributed by atoms with Gasteiger partial charge in [-0.15, -0.1) is 0 Å². The van der Waals surface area contributed by atoms with Gasteiger partial charge in [0.15, 0.2) is 6.10 Å². The Bertz CT molecular complexity index is 1010. The average molecular weight is 693 g/mol. The molecule has 0 aliphatic rings. The Hall–Kier alpha value is -2.51. The van der Waals surface area contributed by atoms with Crippen LogP contribution in [0.25, 0.3) is 0 Å². The molecule has 0 saturated carbocycles. The summed E-state index contributed by atoms with van der Waals surface area (Å²) in [5, 5.41) is 0. The van der Waals surface area contributed by atoms with Gasteiger partial charge in [0.05, 0.1) is 6.61 Å². The number of unbranched alkanes of at least 4 members (excludes halogenated alkanes) is 10. The lowest BCUT2D eigenvalue weighted by atomic mass is 10.1. The summed E-state index contributed by atoms with van der Waals surface area (Å²) in [6.45, 7) is 3.47. The average Bonchev–Trinajstić information content (AvgIpc) is 3.05.